The summed E-state index contributed by atoms with van der Waals surface area (Å²) in [6, 6.07) is 2.84. The number of H-pyrrole nitrogens is 2. The van der Waals surface area contributed by atoms with Crippen molar-refractivity contribution >= 4 is 25.3 Å². The highest BCUT2D eigenvalue weighted by Crippen LogP contribution is 2.39. The second-order valence-corrected chi connectivity index (χ2v) is 12.1. The number of aromatic nitrogens is 2. The molecule has 0 saturated heterocycles. The maximum Gasteiger partial charge on any atom is 0.280 e. The van der Waals surface area contributed by atoms with Crippen molar-refractivity contribution in [3.8, 4) is 0 Å². The van der Waals surface area contributed by atoms with E-state index in [9.17, 15) is 9.59 Å². The molecule has 8 heteroatoms. The van der Waals surface area contributed by atoms with Gasteiger partial charge in [0.25, 0.3) is 11.1 Å². The van der Waals surface area contributed by atoms with Crippen molar-refractivity contribution in [2.75, 3.05) is 0 Å². The summed E-state index contributed by atoms with van der Waals surface area (Å²) in [7, 11) is 0. The SMILES string of the molecule is CCC(C)(C)CCC(S)CCC(S)CCC(C)(C)CC(c1cc(=O)[nH]o1)c1cc(=O)[nH]o1. The molecule has 0 fully saturated rings. The Balaban J connectivity index is 1.88. The van der Waals surface area contributed by atoms with Crippen molar-refractivity contribution in [1.82, 2.24) is 10.3 Å². The molecule has 2 unspecified atom stereocenters. The van der Waals surface area contributed by atoms with Gasteiger partial charge in [-0.15, -0.1) is 0 Å². The van der Waals surface area contributed by atoms with Crippen LogP contribution in [0.2, 0.25) is 0 Å². The van der Waals surface area contributed by atoms with Gasteiger partial charge in [0.15, 0.2) is 0 Å². The minimum Gasteiger partial charge on any atom is -0.383 e. The van der Waals surface area contributed by atoms with E-state index in [1.54, 1.807) is 0 Å². The first-order valence-electron chi connectivity index (χ1n) is 11.6. The molecule has 0 bridgehead atoms. The molecule has 0 aliphatic carbocycles. The third-order valence-corrected chi connectivity index (χ3v) is 7.66. The largest absolute Gasteiger partial charge is 0.383 e. The second kappa shape index (κ2) is 11.7. The summed E-state index contributed by atoms with van der Waals surface area (Å²) in [5.74, 6) is 0.632. The van der Waals surface area contributed by atoms with E-state index in [1.165, 1.54) is 25.0 Å². The van der Waals surface area contributed by atoms with Gasteiger partial charge in [0.05, 0.1) is 5.92 Å². The minimum atomic E-state index is -0.315. The van der Waals surface area contributed by atoms with Gasteiger partial charge in [0.2, 0.25) is 0 Å². The molecule has 32 heavy (non-hydrogen) atoms. The highest BCUT2D eigenvalue weighted by atomic mass is 32.1. The Labute approximate surface area is 202 Å². The van der Waals surface area contributed by atoms with Crippen molar-refractivity contribution in [3.05, 3.63) is 44.4 Å². The maximum absolute atomic E-state index is 11.6. The van der Waals surface area contributed by atoms with Gasteiger partial charge in [-0.3, -0.25) is 9.59 Å². The average Bonchev–Trinajstić information content (AvgIpc) is 3.36. The molecule has 0 aliphatic rings. The fourth-order valence-corrected chi connectivity index (χ4v) is 4.46. The Morgan fingerprint density at radius 1 is 0.812 bits per heavy atom. The second-order valence-electron chi connectivity index (χ2n) is 10.6. The van der Waals surface area contributed by atoms with Crippen molar-refractivity contribution in [2.24, 2.45) is 10.8 Å². The quantitative estimate of drug-likeness (QED) is 0.241. The van der Waals surface area contributed by atoms with Crippen LogP contribution >= 0.6 is 25.3 Å². The van der Waals surface area contributed by atoms with Gasteiger partial charge in [-0.25, -0.2) is 0 Å². The van der Waals surface area contributed by atoms with Crippen molar-refractivity contribution in [1.29, 1.82) is 0 Å². The molecule has 2 aromatic heterocycles. The van der Waals surface area contributed by atoms with Crippen LogP contribution in [0.25, 0.3) is 0 Å². The fourth-order valence-electron chi connectivity index (χ4n) is 3.90. The predicted molar refractivity (Wildman–Crippen MR) is 136 cm³/mol. The summed E-state index contributed by atoms with van der Waals surface area (Å²) in [4.78, 5) is 23.2. The Kier molecular flexibility index (Phi) is 9.88. The fraction of sp³-hybridized carbons (Fsp3) is 0.750. The summed E-state index contributed by atoms with van der Waals surface area (Å²) in [5.41, 5.74) is -0.290. The lowest BCUT2D eigenvalue weighted by molar-refractivity contribution is 0.238. The summed E-state index contributed by atoms with van der Waals surface area (Å²) in [6.45, 7) is 11.3. The first kappa shape index (κ1) is 27.0. The zero-order chi connectivity index (χ0) is 23.9. The Morgan fingerprint density at radius 2 is 1.25 bits per heavy atom. The van der Waals surface area contributed by atoms with E-state index in [2.05, 4.69) is 44.9 Å². The van der Waals surface area contributed by atoms with E-state index < -0.39 is 0 Å². The molecule has 0 spiro atoms. The van der Waals surface area contributed by atoms with Gasteiger partial charge in [-0.05, 0) is 55.8 Å². The van der Waals surface area contributed by atoms with E-state index in [0.717, 1.165) is 32.1 Å². The van der Waals surface area contributed by atoms with E-state index in [-0.39, 0.29) is 22.5 Å². The molecular formula is C24H40N2O4S2. The van der Waals surface area contributed by atoms with Crippen LogP contribution in [0.1, 0.15) is 103 Å². The van der Waals surface area contributed by atoms with Crippen LogP contribution in [0.15, 0.2) is 30.8 Å². The van der Waals surface area contributed by atoms with Gasteiger partial charge in [-0.1, -0.05) is 41.0 Å². The molecule has 2 heterocycles. The maximum atomic E-state index is 11.6. The number of aromatic amines is 2. The molecule has 0 radical (unpaired) electrons. The molecular weight excluding hydrogens is 444 g/mol. The molecule has 6 nitrogen and oxygen atoms in total. The number of rotatable bonds is 14. The summed E-state index contributed by atoms with van der Waals surface area (Å²) in [6.07, 6.45) is 8.27. The van der Waals surface area contributed by atoms with Crippen molar-refractivity contribution < 1.29 is 9.05 Å². The molecule has 2 atom stereocenters. The van der Waals surface area contributed by atoms with Gasteiger partial charge in [0.1, 0.15) is 11.5 Å². The van der Waals surface area contributed by atoms with Crippen LogP contribution in [0.3, 0.4) is 0 Å². The number of nitrogens with one attached hydrogen (secondary N) is 2. The molecule has 2 rings (SSSR count). The molecule has 2 aromatic rings. The summed E-state index contributed by atoms with van der Waals surface area (Å²) < 4.78 is 10.7. The lowest BCUT2D eigenvalue weighted by Gasteiger charge is -2.29. The Hall–Kier alpha value is -1.28. The number of hydrogen-bond acceptors (Lipinski definition) is 6. The molecule has 0 aliphatic heterocycles. The zero-order valence-electron chi connectivity index (χ0n) is 20.1. The summed E-state index contributed by atoms with van der Waals surface area (Å²) in [5, 5.41) is 5.40. The monoisotopic (exact) mass is 484 g/mol. The van der Waals surface area contributed by atoms with Crippen LogP contribution in [0, 0.1) is 10.8 Å². The van der Waals surface area contributed by atoms with Crippen LogP contribution in [0.4, 0.5) is 0 Å². The summed E-state index contributed by atoms with van der Waals surface area (Å²) >= 11 is 9.63. The first-order chi connectivity index (χ1) is 14.9. The molecule has 0 amide bonds. The normalized spacial score (nSPS) is 14.8. The molecule has 0 aromatic carbocycles. The van der Waals surface area contributed by atoms with Crippen LogP contribution in [-0.4, -0.2) is 20.8 Å². The lowest BCUT2D eigenvalue weighted by atomic mass is 9.77. The molecule has 2 N–H and O–H groups in total. The van der Waals surface area contributed by atoms with Crippen molar-refractivity contribution in [2.45, 2.75) is 102 Å². The smallest absolute Gasteiger partial charge is 0.280 e. The van der Waals surface area contributed by atoms with Crippen molar-refractivity contribution in [3.63, 3.8) is 0 Å². The highest BCUT2D eigenvalue weighted by Gasteiger charge is 2.31. The van der Waals surface area contributed by atoms with Gasteiger partial charge in [0, 0.05) is 22.6 Å². The van der Waals surface area contributed by atoms with E-state index in [0.29, 0.717) is 33.9 Å². The van der Waals surface area contributed by atoms with Crippen LogP contribution in [0.5, 0.6) is 0 Å². The topological polar surface area (TPSA) is 92.0 Å². The van der Waals surface area contributed by atoms with Gasteiger partial charge >= 0.3 is 0 Å². The van der Waals surface area contributed by atoms with Gasteiger partial charge in [-0.2, -0.15) is 35.6 Å². The third kappa shape index (κ3) is 8.93. The first-order valence-corrected chi connectivity index (χ1v) is 12.7. The highest BCUT2D eigenvalue weighted by molar-refractivity contribution is 7.81. The Morgan fingerprint density at radius 3 is 1.62 bits per heavy atom. The molecule has 182 valence electrons. The predicted octanol–water partition coefficient (Wildman–Crippen LogP) is 6.17. The number of thiol groups is 2. The van der Waals surface area contributed by atoms with Gasteiger partial charge < -0.3 is 9.05 Å². The lowest BCUT2D eigenvalue weighted by Crippen LogP contribution is -2.19. The molecule has 0 saturated carbocycles. The third-order valence-electron chi connectivity index (χ3n) is 6.63. The minimum absolute atomic E-state index is 0.0666. The zero-order valence-corrected chi connectivity index (χ0v) is 21.9. The van der Waals surface area contributed by atoms with Crippen LogP contribution < -0.4 is 11.1 Å². The van der Waals surface area contributed by atoms with E-state index >= 15 is 0 Å². The van der Waals surface area contributed by atoms with Crippen LogP contribution in [-0.2, 0) is 0 Å². The number of hydrogen-bond donors (Lipinski definition) is 4. The van der Waals surface area contributed by atoms with E-state index in [1.807, 2.05) is 0 Å². The average molecular weight is 485 g/mol. The standard InChI is InChI=1S/C24H40N2O4S2/c1-6-23(2,3)11-9-16(31)7-8-17(32)10-12-24(4,5)15-18(19-13-21(27)25-29-19)20-14-22(28)26-30-20/h13-14,16-18,31-32H,6-12,15H2,1-5H3,(H,25,27)(H,26,28). The van der Waals surface area contributed by atoms with E-state index in [4.69, 9.17) is 34.3 Å². The Bertz CT molecular complexity index is 876.